The molecule has 0 radical (unpaired) electrons. The Kier molecular flexibility index (Phi) is 57.2. The van der Waals surface area contributed by atoms with Gasteiger partial charge in [-0.1, -0.05) is 123 Å². The van der Waals surface area contributed by atoms with Crippen LogP contribution in [0.25, 0.3) is 0 Å². The Bertz CT molecular complexity index is 1660. The summed E-state index contributed by atoms with van der Waals surface area (Å²) in [5, 5.41) is 28.2. The van der Waals surface area contributed by atoms with E-state index in [0.29, 0.717) is 26.4 Å². The molecule has 0 fully saturated rings. The van der Waals surface area contributed by atoms with Crippen molar-refractivity contribution in [1.82, 2.24) is 0 Å². The molecule has 438 valence electrons. The molecule has 77 heavy (non-hydrogen) atoms. The quantitative estimate of drug-likeness (QED) is 0.0253. The van der Waals surface area contributed by atoms with Crippen molar-refractivity contribution in [2.24, 2.45) is 0 Å². The predicted octanol–water partition coefficient (Wildman–Crippen LogP) is 6.53. The topological polar surface area (TPSA) is 290 Å². The summed E-state index contributed by atoms with van der Waals surface area (Å²) in [6.45, 7) is 30.7. The van der Waals surface area contributed by atoms with Gasteiger partial charge in [-0.3, -0.25) is 0 Å². The number of esters is 8. The SMILES string of the molecule is C=CC(=O)OCC(O)COC(=O)C(=C)C.C=CC(=O)OCC(O)COCC(C)OCC(O)COC(=O)C=C.C=CC(=O)OCCCCCCCCCCOC(=O)C=C.C=CC(=O)OCCCCCCCCCOC(=O)C=C. The minimum Gasteiger partial charge on any atom is -0.463 e. The number of aliphatic hydroxyl groups is 3. The average molecular weight is 1100 g/mol. The van der Waals surface area contributed by atoms with E-state index in [1.807, 2.05) is 0 Å². The Labute approximate surface area is 455 Å². The van der Waals surface area contributed by atoms with Crippen molar-refractivity contribution < 1.29 is 101 Å². The number of carbonyl (C=O) groups is 8. The summed E-state index contributed by atoms with van der Waals surface area (Å²) in [6.07, 6.45) is 20.5. The van der Waals surface area contributed by atoms with Gasteiger partial charge in [-0.05, 0) is 39.5 Å². The van der Waals surface area contributed by atoms with Crippen LogP contribution in [0.3, 0.4) is 0 Å². The number of hydrogen-bond acceptors (Lipinski definition) is 21. The molecule has 0 amide bonds. The predicted molar refractivity (Wildman–Crippen MR) is 287 cm³/mol. The van der Waals surface area contributed by atoms with E-state index in [-0.39, 0.29) is 81.8 Å². The summed E-state index contributed by atoms with van der Waals surface area (Å²) in [7, 11) is 0. The zero-order valence-electron chi connectivity index (χ0n) is 45.6. The van der Waals surface area contributed by atoms with Crippen molar-refractivity contribution in [3.63, 3.8) is 0 Å². The fraction of sp³-hybridized carbons (Fsp3) is 0.571. The molecular formula is C56H88O21. The second-order valence-corrected chi connectivity index (χ2v) is 16.3. The Morgan fingerprint density at radius 3 is 0.857 bits per heavy atom. The molecule has 0 spiro atoms. The lowest BCUT2D eigenvalue weighted by atomic mass is 10.1. The molecule has 0 aromatic heterocycles. The summed E-state index contributed by atoms with van der Waals surface area (Å²) < 4.78 is 48.5. The molecule has 0 bridgehead atoms. The number of ether oxygens (including phenoxy) is 10. The fourth-order valence-electron chi connectivity index (χ4n) is 5.12. The molecule has 0 aromatic rings. The van der Waals surface area contributed by atoms with E-state index < -0.39 is 42.2 Å². The Hall–Kier alpha value is -6.52. The van der Waals surface area contributed by atoms with Crippen molar-refractivity contribution in [1.29, 1.82) is 0 Å². The molecule has 0 aliphatic heterocycles. The van der Waals surface area contributed by atoms with Gasteiger partial charge in [-0.15, -0.1) is 0 Å². The first-order valence-electron chi connectivity index (χ1n) is 25.4. The maximum Gasteiger partial charge on any atom is 0.333 e. The number of aliphatic hydroxyl groups excluding tert-OH is 3. The minimum atomic E-state index is -1.04. The molecule has 0 heterocycles. The Balaban J connectivity index is -0.000000466. The highest BCUT2D eigenvalue weighted by atomic mass is 16.6. The highest BCUT2D eigenvalue weighted by Crippen LogP contribution is 2.10. The molecule has 21 heteroatoms. The lowest BCUT2D eigenvalue weighted by molar-refractivity contribution is -0.147. The van der Waals surface area contributed by atoms with Gasteiger partial charge in [-0.2, -0.15) is 0 Å². The normalized spacial score (nSPS) is 11.4. The molecule has 0 rings (SSSR count). The monoisotopic (exact) mass is 1100 g/mol. The van der Waals surface area contributed by atoms with Crippen LogP contribution in [-0.4, -0.2) is 160 Å². The van der Waals surface area contributed by atoms with E-state index in [1.165, 1.54) is 44.1 Å². The molecule has 4 unspecified atom stereocenters. The van der Waals surface area contributed by atoms with Crippen LogP contribution in [-0.2, 0) is 85.7 Å². The van der Waals surface area contributed by atoms with Crippen molar-refractivity contribution in [2.75, 3.05) is 72.7 Å². The molecule has 0 aromatic carbocycles. The summed E-state index contributed by atoms with van der Waals surface area (Å²) in [5.74, 6) is -3.87. The lowest BCUT2D eigenvalue weighted by Crippen LogP contribution is -2.29. The summed E-state index contributed by atoms with van der Waals surface area (Å²) in [5.41, 5.74) is 0.241. The molecule has 0 aliphatic carbocycles. The average Bonchev–Trinajstić information content (AvgIpc) is 3.43. The highest BCUT2D eigenvalue weighted by molar-refractivity contribution is 5.87. The zero-order valence-corrected chi connectivity index (χ0v) is 45.6. The van der Waals surface area contributed by atoms with Crippen LogP contribution in [0.4, 0.5) is 0 Å². The Morgan fingerprint density at radius 2 is 0.584 bits per heavy atom. The second kappa shape index (κ2) is 57.2. The smallest absolute Gasteiger partial charge is 0.333 e. The lowest BCUT2D eigenvalue weighted by Gasteiger charge is -2.17. The number of rotatable bonds is 44. The fourth-order valence-corrected chi connectivity index (χ4v) is 5.12. The van der Waals surface area contributed by atoms with Gasteiger partial charge in [0, 0.05) is 48.1 Å². The largest absolute Gasteiger partial charge is 0.463 e. The van der Waals surface area contributed by atoms with E-state index in [9.17, 15) is 53.7 Å². The van der Waals surface area contributed by atoms with Crippen LogP contribution in [0, 0.1) is 0 Å². The molecular weight excluding hydrogens is 1010 g/mol. The van der Waals surface area contributed by atoms with E-state index in [2.05, 4.69) is 71.6 Å². The standard InChI is InChI=1S/C16H26O4.C15H24O8.C15H24O4.C10H14O5/c1-3-15(17)19-13-11-9-7-5-6-8-10-12-14-20-16(18)4-2;1-4-14(18)22-9-12(16)7-20-6-11(3)21-8-13(17)10-23-15(19)5-2;1-3-14(16)18-12-10-8-6-5-7-9-11-13-19-15(17)4-2;1-4-9(12)14-5-8(11)6-15-10(13)7(2)3/h3-4H,1-2,5-14H2;4-5,11-13,16-17H,1-2,6-10H2,3H3;3-4H,1-2,5-13H2;4,8,11H,1-2,5-6H2,3H3. The van der Waals surface area contributed by atoms with Crippen molar-refractivity contribution >= 4 is 47.8 Å². The van der Waals surface area contributed by atoms with E-state index in [1.54, 1.807) is 6.92 Å². The van der Waals surface area contributed by atoms with E-state index in [4.69, 9.17) is 28.4 Å². The third-order valence-electron chi connectivity index (χ3n) is 9.22. The van der Waals surface area contributed by atoms with Crippen molar-refractivity contribution in [2.45, 2.75) is 135 Å². The number of unbranched alkanes of at least 4 members (excludes halogenated alkanes) is 13. The highest BCUT2D eigenvalue weighted by Gasteiger charge is 2.13. The van der Waals surface area contributed by atoms with Crippen molar-refractivity contribution in [3.8, 4) is 0 Å². The molecule has 21 nitrogen and oxygen atoms in total. The molecule has 4 atom stereocenters. The summed E-state index contributed by atoms with van der Waals surface area (Å²) in [6, 6.07) is 0. The molecule has 0 aliphatic rings. The van der Waals surface area contributed by atoms with Gasteiger partial charge < -0.3 is 62.7 Å². The second-order valence-electron chi connectivity index (χ2n) is 16.3. The molecule has 0 saturated carbocycles. The van der Waals surface area contributed by atoms with Crippen LogP contribution in [0.2, 0.25) is 0 Å². The van der Waals surface area contributed by atoms with Gasteiger partial charge in [0.25, 0.3) is 0 Å². The summed E-state index contributed by atoms with van der Waals surface area (Å²) >= 11 is 0. The van der Waals surface area contributed by atoms with Gasteiger partial charge in [0.05, 0.1) is 52.4 Å². The van der Waals surface area contributed by atoms with Crippen LogP contribution in [0.15, 0.2) is 101 Å². The van der Waals surface area contributed by atoms with Gasteiger partial charge >= 0.3 is 47.8 Å². The van der Waals surface area contributed by atoms with Gasteiger partial charge in [-0.25, -0.2) is 38.4 Å². The van der Waals surface area contributed by atoms with Gasteiger partial charge in [0.1, 0.15) is 44.7 Å². The van der Waals surface area contributed by atoms with Crippen LogP contribution < -0.4 is 0 Å². The maximum atomic E-state index is 10.9. The van der Waals surface area contributed by atoms with E-state index >= 15 is 0 Å². The van der Waals surface area contributed by atoms with Crippen LogP contribution in [0.5, 0.6) is 0 Å². The van der Waals surface area contributed by atoms with Gasteiger partial charge in [0.15, 0.2) is 0 Å². The molecule has 3 N–H and O–H groups in total. The number of carbonyl (C=O) groups excluding carboxylic acids is 8. The minimum absolute atomic E-state index is 0.0301. The first-order chi connectivity index (χ1) is 36.8. The number of hydrogen-bond donors (Lipinski definition) is 3. The third kappa shape index (κ3) is 61.9. The molecule has 0 saturated heterocycles. The third-order valence-corrected chi connectivity index (χ3v) is 9.22. The van der Waals surface area contributed by atoms with Crippen LogP contribution in [0.1, 0.15) is 110 Å². The first kappa shape index (κ1) is 77.0. The van der Waals surface area contributed by atoms with E-state index in [0.717, 1.165) is 102 Å². The maximum absolute atomic E-state index is 10.9. The zero-order chi connectivity index (χ0) is 58.9. The van der Waals surface area contributed by atoms with Crippen LogP contribution >= 0.6 is 0 Å². The Morgan fingerprint density at radius 1 is 0.351 bits per heavy atom. The van der Waals surface area contributed by atoms with Gasteiger partial charge in [0.2, 0.25) is 0 Å². The summed E-state index contributed by atoms with van der Waals surface area (Å²) in [4.78, 5) is 86.0. The van der Waals surface area contributed by atoms with Crippen molar-refractivity contribution in [3.05, 3.63) is 101 Å². The first-order valence-corrected chi connectivity index (χ1v) is 25.4.